The van der Waals surface area contributed by atoms with Gasteiger partial charge >= 0.3 is 12.2 Å². The number of ether oxygens (including phenoxy) is 2. The van der Waals surface area contributed by atoms with E-state index in [1.807, 2.05) is 49.4 Å². The Hall–Kier alpha value is -4.21. The normalized spacial score (nSPS) is 17.1. The maximum absolute atomic E-state index is 13.1. The van der Waals surface area contributed by atoms with E-state index in [2.05, 4.69) is 10.2 Å². The van der Waals surface area contributed by atoms with Crippen LogP contribution in [0.15, 0.2) is 71.7 Å². The van der Waals surface area contributed by atoms with Crippen LogP contribution in [0.2, 0.25) is 0 Å². The zero-order valence-electron chi connectivity index (χ0n) is 20.2. The van der Waals surface area contributed by atoms with Crippen LogP contribution in [0.3, 0.4) is 0 Å². The van der Waals surface area contributed by atoms with Crippen molar-refractivity contribution >= 4 is 23.2 Å². The van der Waals surface area contributed by atoms with E-state index in [0.717, 1.165) is 17.7 Å². The van der Waals surface area contributed by atoms with Gasteiger partial charge in [0.15, 0.2) is 17.2 Å². The SMILES string of the molecule is COc1cccc2c1Oc1ccccc1N=C2N1CCN(C(=O)Nc2cccc(C(F)(F)F)c2)[C@H](C)C1. The van der Waals surface area contributed by atoms with E-state index in [0.29, 0.717) is 48.4 Å². The van der Waals surface area contributed by atoms with Gasteiger partial charge in [0.05, 0.1) is 18.2 Å². The molecule has 7 nitrogen and oxygen atoms in total. The first kappa shape index (κ1) is 24.5. The number of para-hydroxylation sites is 3. The number of carbonyl (C=O) groups is 1. The molecule has 0 saturated carbocycles. The Kier molecular flexibility index (Phi) is 6.41. The Balaban J connectivity index is 1.38. The fraction of sp³-hybridized carbons (Fsp3) is 0.259. The van der Waals surface area contributed by atoms with Crippen LogP contribution >= 0.6 is 0 Å². The molecule has 1 N–H and O–H groups in total. The van der Waals surface area contributed by atoms with Gasteiger partial charge in [-0.1, -0.05) is 24.3 Å². The van der Waals surface area contributed by atoms with E-state index >= 15 is 0 Å². The number of aliphatic imine (C=N–C) groups is 1. The van der Waals surface area contributed by atoms with E-state index in [4.69, 9.17) is 14.5 Å². The highest BCUT2D eigenvalue weighted by Gasteiger charge is 2.33. The number of rotatable bonds is 2. The van der Waals surface area contributed by atoms with Crippen molar-refractivity contribution in [2.24, 2.45) is 4.99 Å². The smallest absolute Gasteiger partial charge is 0.416 e. The van der Waals surface area contributed by atoms with Crippen LogP contribution in [0.25, 0.3) is 0 Å². The molecule has 10 heteroatoms. The molecule has 2 heterocycles. The molecule has 37 heavy (non-hydrogen) atoms. The summed E-state index contributed by atoms with van der Waals surface area (Å²) in [6, 6.07) is 17.0. The number of amidine groups is 1. The average molecular weight is 511 g/mol. The van der Waals surface area contributed by atoms with E-state index in [-0.39, 0.29) is 11.7 Å². The van der Waals surface area contributed by atoms with Crippen LogP contribution in [0.5, 0.6) is 17.2 Å². The van der Waals surface area contributed by atoms with Crippen molar-refractivity contribution < 1.29 is 27.4 Å². The van der Waals surface area contributed by atoms with E-state index < -0.39 is 17.8 Å². The van der Waals surface area contributed by atoms with Gasteiger partial charge in [0.2, 0.25) is 0 Å². The third-order valence-electron chi connectivity index (χ3n) is 6.37. The zero-order chi connectivity index (χ0) is 26.2. The van der Waals surface area contributed by atoms with Crippen molar-refractivity contribution in [3.63, 3.8) is 0 Å². The first-order chi connectivity index (χ1) is 17.7. The second-order valence-corrected chi connectivity index (χ2v) is 8.84. The Bertz CT molecular complexity index is 1360. The van der Waals surface area contributed by atoms with Crippen LogP contribution in [0, 0.1) is 0 Å². The predicted molar refractivity (Wildman–Crippen MR) is 134 cm³/mol. The molecule has 0 aliphatic carbocycles. The number of hydrogen-bond acceptors (Lipinski definition) is 5. The number of nitrogens with zero attached hydrogens (tertiary/aromatic N) is 3. The van der Waals surface area contributed by atoms with Gasteiger partial charge in [-0.05, 0) is 49.4 Å². The lowest BCUT2D eigenvalue weighted by Crippen LogP contribution is -2.56. The second-order valence-electron chi connectivity index (χ2n) is 8.84. The van der Waals surface area contributed by atoms with Gasteiger partial charge in [0.1, 0.15) is 11.5 Å². The van der Waals surface area contributed by atoms with Crippen molar-refractivity contribution in [3.8, 4) is 17.2 Å². The minimum Gasteiger partial charge on any atom is -0.493 e. The van der Waals surface area contributed by atoms with Gasteiger partial charge < -0.3 is 24.6 Å². The van der Waals surface area contributed by atoms with Gasteiger partial charge in [-0.3, -0.25) is 0 Å². The number of benzene rings is 3. The number of carbonyl (C=O) groups excluding carboxylic acids is 1. The molecule has 2 aliphatic rings. The number of hydrogen-bond donors (Lipinski definition) is 1. The Morgan fingerprint density at radius 3 is 2.62 bits per heavy atom. The molecular formula is C27H25F3N4O3. The minimum absolute atomic E-state index is 0.0948. The Labute approximate surface area is 212 Å². The first-order valence-electron chi connectivity index (χ1n) is 11.8. The lowest BCUT2D eigenvalue weighted by Gasteiger charge is -2.41. The topological polar surface area (TPSA) is 66.4 Å². The summed E-state index contributed by atoms with van der Waals surface area (Å²) in [5.74, 6) is 2.44. The number of fused-ring (bicyclic) bond motifs is 2. The summed E-state index contributed by atoms with van der Waals surface area (Å²) in [7, 11) is 1.58. The van der Waals surface area contributed by atoms with Crippen LogP contribution in [0.1, 0.15) is 18.1 Å². The molecule has 1 saturated heterocycles. The number of methoxy groups -OCH3 is 1. The van der Waals surface area contributed by atoms with Gasteiger partial charge in [0, 0.05) is 31.4 Å². The van der Waals surface area contributed by atoms with Crippen molar-refractivity contribution in [1.29, 1.82) is 0 Å². The number of alkyl halides is 3. The summed E-state index contributed by atoms with van der Waals surface area (Å²) in [4.78, 5) is 21.6. The van der Waals surface area contributed by atoms with E-state index in [1.165, 1.54) is 12.1 Å². The Morgan fingerprint density at radius 2 is 1.86 bits per heavy atom. The molecule has 5 rings (SSSR count). The molecule has 1 atom stereocenters. The summed E-state index contributed by atoms with van der Waals surface area (Å²) in [6.07, 6.45) is -4.49. The van der Waals surface area contributed by atoms with Gasteiger partial charge in [-0.25, -0.2) is 9.79 Å². The molecule has 0 spiro atoms. The molecule has 0 unspecified atom stereocenters. The molecule has 3 aromatic carbocycles. The van der Waals surface area contributed by atoms with Gasteiger partial charge in [-0.2, -0.15) is 13.2 Å². The quantitative estimate of drug-likeness (QED) is 0.450. The summed E-state index contributed by atoms with van der Waals surface area (Å²) in [5.41, 5.74) is 0.723. The maximum atomic E-state index is 13.1. The van der Waals surface area contributed by atoms with Crippen molar-refractivity contribution in [2.75, 3.05) is 32.1 Å². The monoisotopic (exact) mass is 510 g/mol. The fourth-order valence-corrected chi connectivity index (χ4v) is 4.54. The molecule has 3 aromatic rings. The van der Waals surface area contributed by atoms with Crippen molar-refractivity contribution in [3.05, 3.63) is 77.9 Å². The van der Waals surface area contributed by atoms with Crippen LogP contribution in [-0.2, 0) is 6.18 Å². The lowest BCUT2D eigenvalue weighted by atomic mass is 10.1. The molecule has 0 bridgehead atoms. The second kappa shape index (κ2) is 9.68. The first-order valence-corrected chi connectivity index (χ1v) is 11.8. The molecule has 2 amide bonds. The largest absolute Gasteiger partial charge is 0.493 e. The summed E-state index contributed by atoms with van der Waals surface area (Å²) >= 11 is 0. The number of piperazine rings is 1. The molecule has 0 aromatic heterocycles. The summed E-state index contributed by atoms with van der Waals surface area (Å²) in [6.45, 7) is 3.19. The third kappa shape index (κ3) is 4.91. The Morgan fingerprint density at radius 1 is 1.08 bits per heavy atom. The average Bonchev–Trinajstić information content (AvgIpc) is 3.05. The van der Waals surface area contributed by atoms with Crippen LogP contribution in [-0.4, -0.2) is 54.5 Å². The number of anilines is 1. The molecule has 1 fully saturated rings. The lowest BCUT2D eigenvalue weighted by molar-refractivity contribution is -0.137. The molecule has 0 radical (unpaired) electrons. The van der Waals surface area contributed by atoms with Crippen LogP contribution < -0.4 is 14.8 Å². The predicted octanol–water partition coefficient (Wildman–Crippen LogP) is 6.14. The van der Waals surface area contributed by atoms with E-state index in [9.17, 15) is 18.0 Å². The van der Waals surface area contributed by atoms with Gasteiger partial charge in [-0.15, -0.1) is 0 Å². The van der Waals surface area contributed by atoms with Crippen LogP contribution in [0.4, 0.5) is 29.3 Å². The number of nitrogens with one attached hydrogen (secondary N) is 1. The molecular weight excluding hydrogens is 485 g/mol. The highest BCUT2D eigenvalue weighted by molar-refractivity contribution is 6.04. The van der Waals surface area contributed by atoms with Crippen molar-refractivity contribution in [1.82, 2.24) is 9.80 Å². The van der Waals surface area contributed by atoms with E-state index in [1.54, 1.807) is 12.0 Å². The van der Waals surface area contributed by atoms with Gasteiger partial charge in [0.25, 0.3) is 0 Å². The summed E-state index contributed by atoms with van der Waals surface area (Å²) < 4.78 is 50.9. The molecule has 2 aliphatic heterocycles. The standard InChI is InChI=1S/C27H25F3N4O3/c1-17-16-33(13-14-34(17)26(35)31-19-8-5-7-18(15-19)27(28,29)30)25-20-9-6-12-23(36-2)24(20)37-22-11-4-3-10-21(22)32-25/h3-12,15,17H,13-14,16H2,1-2H3,(H,31,35)/t17-/m1/s1. The highest BCUT2D eigenvalue weighted by Crippen LogP contribution is 2.43. The maximum Gasteiger partial charge on any atom is 0.416 e. The third-order valence-corrected chi connectivity index (χ3v) is 6.37. The zero-order valence-corrected chi connectivity index (χ0v) is 20.2. The van der Waals surface area contributed by atoms with Crippen molar-refractivity contribution in [2.45, 2.75) is 19.1 Å². The fourth-order valence-electron chi connectivity index (χ4n) is 4.54. The highest BCUT2D eigenvalue weighted by atomic mass is 19.4. The summed E-state index contributed by atoms with van der Waals surface area (Å²) in [5, 5.41) is 2.60. The number of halogens is 3. The number of urea groups is 1. The number of amides is 2. The minimum atomic E-state index is -4.49. The molecule has 192 valence electrons.